The van der Waals surface area contributed by atoms with Gasteiger partial charge in [-0.15, -0.1) is 10.2 Å². The van der Waals surface area contributed by atoms with Gasteiger partial charge in [-0.25, -0.2) is 0 Å². The minimum Gasteiger partial charge on any atom is -0.496 e. The van der Waals surface area contributed by atoms with Gasteiger partial charge < -0.3 is 14.2 Å². The summed E-state index contributed by atoms with van der Waals surface area (Å²) in [5, 5.41) is 9.44. The number of ketones is 1. The number of methoxy groups -OCH3 is 1. The van der Waals surface area contributed by atoms with E-state index in [2.05, 4.69) is 10.2 Å². The molecule has 2 heterocycles. The molecule has 0 spiro atoms. The predicted octanol–water partition coefficient (Wildman–Crippen LogP) is 4.65. The fourth-order valence-electron chi connectivity index (χ4n) is 3.46. The van der Waals surface area contributed by atoms with Gasteiger partial charge in [0.05, 0.1) is 18.4 Å². The topological polar surface area (TPSA) is 75.5 Å². The van der Waals surface area contributed by atoms with Crippen molar-refractivity contribution in [2.75, 3.05) is 19.7 Å². The van der Waals surface area contributed by atoms with Crippen molar-refractivity contribution in [3.8, 4) is 34.3 Å². The van der Waals surface area contributed by atoms with Crippen LogP contribution in [0.25, 0.3) is 17.1 Å². The van der Waals surface area contributed by atoms with Gasteiger partial charge in [0, 0.05) is 11.3 Å². The monoisotopic (exact) mass is 445 g/mol. The van der Waals surface area contributed by atoms with E-state index in [1.54, 1.807) is 25.3 Å². The van der Waals surface area contributed by atoms with Crippen LogP contribution in [0.1, 0.15) is 10.4 Å². The molecular formula is C24H19N3O4S. The molecule has 32 heavy (non-hydrogen) atoms. The summed E-state index contributed by atoms with van der Waals surface area (Å²) in [5.41, 5.74) is 2.29. The summed E-state index contributed by atoms with van der Waals surface area (Å²) >= 11 is 1.33. The average molecular weight is 446 g/mol. The van der Waals surface area contributed by atoms with Crippen LogP contribution in [-0.4, -0.2) is 40.2 Å². The average Bonchev–Trinajstić information content (AvgIpc) is 3.49. The van der Waals surface area contributed by atoms with Crippen LogP contribution in [0.2, 0.25) is 0 Å². The zero-order valence-corrected chi connectivity index (χ0v) is 18.0. The largest absolute Gasteiger partial charge is 0.496 e. The Labute approximate surface area is 189 Å². The minimum absolute atomic E-state index is 0.0326. The van der Waals surface area contributed by atoms with Crippen LogP contribution in [-0.2, 0) is 0 Å². The van der Waals surface area contributed by atoms with E-state index in [9.17, 15) is 4.79 Å². The van der Waals surface area contributed by atoms with Gasteiger partial charge in [0.1, 0.15) is 5.75 Å². The Bertz CT molecular complexity index is 1270. The van der Waals surface area contributed by atoms with Crippen LogP contribution in [0.3, 0.4) is 0 Å². The normalized spacial score (nSPS) is 12.0. The molecule has 1 aliphatic heterocycles. The standard InChI is InChI=1S/C24H19N3O4S/c1-29-20-10-6-5-9-18(20)23-25-26-24(27(23)17-7-3-2-4-8-17)32-14-19(28)16-11-12-21-22(13-16)31-15-30-21/h2-13H,14-15H2,1H3. The predicted molar refractivity (Wildman–Crippen MR) is 121 cm³/mol. The van der Waals surface area contributed by atoms with Crippen LogP contribution in [0.5, 0.6) is 17.2 Å². The van der Waals surface area contributed by atoms with E-state index in [-0.39, 0.29) is 18.3 Å². The number of fused-ring (bicyclic) bond motifs is 1. The Hall–Kier alpha value is -3.78. The SMILES string of the molecule is COc1ccccc1-c1nnc(SCC(=O)c2ccc3c(c2)OCO3)n1-c1ccccc1. The number of hydrogen-bond acceptors (Lipinski definition) is 7. The number of para-hydroxylation sites is 2. The zero-order chi connectivity index (χ0) is 21.9. The maximum absolute atomic E-state index is 12.8. The molecule has 0 bridgehead atoms. The van der Waals surface area contributed by atoms with Crippen LogP contribution in [0.15, 0.2) is 78.0 Å². The van der Waals surface area contributed by atoms with Crippen LogP contribution in [0.4, 0.5) is 0 Å². The van der Waals surface area contributed by atoms with Crippen LogP contribution in [0, 0.1) is 0 Å². The Morgan fingerprint density at radius 1 is 1.00 bits per heavy atom. The molecule has 0 fully saturated rings. The maximum atomic E-state index is 12.8. The van der Waals surface area contributed by atoms with E-state index in [4.69, 9.17) is 14.2 Å². The number of benzene rings is 3. The highest BCUT2D eigenvalue weighted by atomic mass is 32.2. The molecule has 3 aromatic carbocycles. The molecule has 1 aromatic heterocycles. The number of ether oxygens (including phenoxy) is 3. The van der Waals surface area contributed by atoms with E-state index in [1.165, 1.54) is 11.8 Å². The van der Waals surface area contributed by atoms with Crippen molar-refractivity contribution < 1.29 is 19.0 Å². The second kappa shape index (κ2) is 8.76. The molecule has 0 radical (unpaired) electrons. The Kier molecular flexibility index (Phi) is 5.51. The number of Topliss-reactive ketones (excluding diaryl/α,β-unsaturated/α-hetero) is 1. The third-order valence-electron chi connectivity index (χ3n) is 5.02. The molecule has 0 aliphatic carbocycles. The van der Waals surface area contributed by atoms with Crippen LogP contribution < -0.4 is 14.2 Å². The second-order valence-electron chi connectivity index (χ2n) is 6.96. The minimum atomic E-state index is -0.0326. The number of carbonyl (C=O) groups is 1. The Morgan fingerprint density at radius 3 is 2.62 bits per heavy atom. The first-order valence-electron chi connectivity index (χ1n) is 9.94. The van der Waals surface area contributed by atoms with E-state index in [0.717, 1.165) is 11.3 Å². The summed E-state index contributed by atoms with van der Waals surface area (Å²) in [6.45, 7) is 0.174. The lowest BCUT2D eigenvalue weighted by molar-refractivity contribution is 0.102. The molecule has 0 saturated carbocycles. The molecule has 4 aromatic rings. The first kappa shape index (κ1) is 20.1. The molecule has 160 valence electrons. The third kappa shape index (κ3) is 3.80. The molecule has 7 nitrogen and oxygen atoms in total. The van der Waals surface area contributed by atoms with Crippen LogP contribution >= 0.6 is 11.8 Å². The van der Waals surface area contributed by atoms with Crippen molar-refractivity contribution >= 4 is 17.5 Å². The third-order valence-corrected chi connectivity index (χ3v) is 5.95. The number of hydrogen-bond donors (Lipinski definition) is 0. The Balaban J connectivity index is 1.46. The number of nitrogens with zero attached hydrogens (tertiary/aromatic N) is 3. The Morgan fingerprint density at radius 2 is 1.78 bits per heavy atom. The van der Waals surface area contributed by atoms with Crippen molar-refractivity contribution in [1.82, 2.24) is 14.8 Å². The van der Waals surface area contributed by atoms with Gasteiger partial charge in [-0.2, -0.15) is 0 Å². The zero-order valence-electron chi connectivity index (χ0n) is 17.2. The number of aromatic nitrogens is 3. The van der Waals surface area contributed by atoms with Gasteiger partial charge in [0.15, 0.2) is 28.3 Å². The molecular weight excluding hydrogens is 426 g/mol. The summed E-state index contributed by atoms with van der Waals surface area (Å²) in [6, 6.07) is 22.7. The van der Waals surface area contributed by atoms with Gasteiger partial charge in [0.2, 0.25) is 6.79 Å². The maximum Gasteiger partial charge on any atom is 0.231 e. The summed E-state index contributed by atoms with van der Waals surface area (Å²) < 4.78 is 18.2. The lowest BCUT2D eigenvalue weighted by atomic mass is 10.1. The van der Waals surface area contributed by atoms with Crippen molar-refractivity contribution in [2.24, 2.45) is 0 Å². The van der Waals surface area contributed by atoms with Gasteiger partial charge in [0.25, 0.3) is 0 Å². The van der Waals surface area contributed by atoms with Crippen molar-refractivity contribution in [1.29, 1.82) is 0 Å². The quantitative estimate of drug-likeness (QED) is 0.303. The van der Waals surface area contributed by atoms with Gasteiger partial charge in [-0.3, -0.25) is 9.36 Å². The summed E-state index contributed by atoms with van der Waals surface area (Å²) in [7, 11) is 1.63. The number of rotatable bonds is 7. The molecule has 0 amide bonds. The summed E-state index contributed by atoms with van der Waals surface area (Å²) in [5.74, 6) is 2.76. The van der Waals surface area contributed by atoms with Crippen molar-refractivity contribution in [3.05, 3.63) is 78.4 Å². The highest BCUT2D eigenvalue weighted by Crippen LogP contribution is 2.35. The lowest BCUT2D eigenvalue weighted by Gasteiger charge is -2.12. The fraction of sp³-hybridized carbons (Fsp3) is 0.125. The highest BCUT2D eigenvalue weighted by molar-refractivity contribution is 7.99. The summed E-state index contributed by atoms with van der Waals surface area (Å²) in [4.78, 5) is 12.8. The van der Waals surface area contributed by atoms with E-state index >= 15 is 0 Å². The highest BCUT2D eigenvalue weighted by Gasteiger charge is 2.21. The van der Waals surface area contributed by atoms with E-state index < -0.39 is 0 Å². The first-order chi connectivity index (χ1) is 15.7. The molecule has 0 unspecified atom stereocenters. The van der Waals surface area contributed by atoms with E-state index in [0.29, 0.717) is 33.8 Å². The van der Waals surface area contributed by atoms with Gasteiger partial charge in [-0.05, 0) is 42.5 Å². The molecule has 8 heteroatoms. The lowest BCUT2D eigenvalue weighted by Crippen LogP contribution is -2.05. The van der Waals surface area contributed by atoms with Crippen molar-refractivity contribution in [3.63, 3.8) is 0 Å². The molecule has 0 N–H and O–H groups in total. The smallest absolute Gasteiger partial charge is 0.231 e. The van der Waals surface area contributed by atoms with E-state index in [1.807, 2.05) is 59.2 Å². The second-order valence-corrected chi connectivity index (χ2v) is 7.90. The molecule has 0 atom stereocenters. The fourth-order valence-corrected chi connectivity index (χ4v) is 4.31. The van der Waals surface area contributed by atoms with Gasteiger partial charge in [-0.1, -0.05) is 42.1 Å². The molecule has 5 rings (SSSR count). The molecule has 1 aliphatic rings. The van der Waals surface area contributed by atoms with Gasteiger partial charge >= 0.3 is 0 Å². The number of carbonyl (C=O) groups excluding carboxylic acids is 1. The first-order valence-corrected chi connectivity index (χ1v) is 10.9. The summed E-state index contributed by atoms with van der Waals surface area (Å²) in [6.07, 6.45) is 0. The number of thioether (sulfide) groups is 1. The van der Waals surface area contributed by atoms with Crippen molar-refractivity contribution in [2.45, 2.75) is 5.16 Å². The molecule has 0 saturated heterocycles.